The van der Waals surface area contributed by atoms with Crippen LogP contribution in [0.4, 0.5) is 0 Å². The number of para-hydroxylation sites is 1. The van der Waals surface area contributed by atoms with Gasteiger partial charge in [0.1, 0.15) is 5.52 Å². The quantitative estimate of drug-likeness (QED) is 0.492. The van der Waals surface area contributed by atoms with E-state index < -0.39 is 0 Å². The molecule has 0 amide bonds. The van der Waals surface area contributed by atoms with Crippen molar-refractivity contribution in [1.29, 1.82) is 0 Å². The first kappa shape index (κ1) is 7.25. The fourth-order valence-corrected chi connectivity index (χ4v) is 1.42. The summed E-state index contributed by atoms with van der Waals surface area (Å²) in [4.78, 5) is 4.44. The van der Waals surface area contributed by atoms with Crippen molar-refractivity contribution in [3.8, 4) is 0 Å². The minimum absolute atomic E-state index is 0.212. The van der Waals surface area contributed by atoms with Crippen LogP contribution in [-0.4, -0.2) is 10.1 Å². The number of rotatable bonds is 0. The molecule has 0 radical (unpaired) electrons. The Morgan fingerprint density at radius 1 is 1.21 bits per heavy atom. The summed E-state index contributed by atoms with van der Waals surface area (Å²) in [6, 6.07) is 9.29. The molecule has 0 N–H and O–H groups in total. The number of hydrogen-bond acceptors (Lipinski definition) is 4. The molecule has 5 heteroatoms. The Bertz CT molecular complexity index is 618. The van der Waals surface area contributed by atoms with Gasteiger partial charge in [-0.25, -0.2) is 0 Å². The summed E-state index contributed by atoms with van der Waals surface area (Å²) in [6.45, 7) is 0. The van der Waals surface area contributed by atoms with E-state index in [1.165, 1.54) is 0 Å². The van der Waals surface area contributed by atoms with Crippen LogP contribution in [0.25, 0.3) is 22.1 Å². The van der Waals surface area contributed by atoms with Crippen molar-refractivity contribution in [1.82, 2.24) is 10.1 Å². The Hall–Kier alpha value is -2.17. The zero-order chi connectivity index (χ0) is 9.54. The van der Waals surface area contributed by atoms with Crippen LogP contribution in [0, 0.1) is 5.21 Å². The summed E-state index contributed by atoms with van der Waals surface area (Å²) in [5.74, 6) is 0. The number of benzene rings is 1. The zero-order valence-corrected chi connectivity index (χ0v) is 7.04. The highest BCUT2D eigenvalue weighted by molar-refractivity contribution is 5.87. The van der Waals surface area contributed by atoms with Gasteiger partial charge in [0.25, 0.3) is 0 Å². The highest BCUT2D eigenvalue weighted by atomic mass is 16.8. The average molecular weight is 187 g/mol. The number of aromatic nitrogens is 3. The Morgan fingerprint density at radius 2 is 2.07 bits per heavy atom. The molecular formula is C9H5N3O2. The first-order valence-electron chi connectivity index (χ1n) is 4.10. The predicted octanol–water partition coefficient (Wildman–Crippen LogP) is 1.01. The van der Waals surface area contributed by atoms with Gasteiger partial charge in [-0.3, -0.25) is 0 Å². The summed E-state index contributed by atoms with van der Waals surface area (Å²) in [5.41, 5.74) is 1.44. The Balaban J connectivity index is 2.54. The van der Waals surface area contributed by atoms with Crippen molar-refractivity contribution in [2.75, 3.05) is 0 Å². The van der Waals surface area contributed by atoms with E-state index in [-0.39, 0.29) is 5.65 Å². The Labute approximate surface area is 78.1 Å². The molecule has 0 spiro atoms. The monoisotopic (exact) mass is 187 g/mol. The topological polar surface area (TPSA) is 65.9 Å². The molecule has 1 aromatic carbocycles. The van der Waals surface area contributed by atoms with E-state index in [2.05, 4.69) is 14.8 Å². The molecule has 0 aliphatic rings. The van der Waals surface area contributed by atoms with Gasteiger partial charge in [0, 0.05) is 11.5 Å². The molecule has 2 heterocycles. The molecule has 0 fully saturated rings. The first-order chi connectivity index (χ1) is 6.84. The lowest BCUT2D eigenvalue weighted by Gasteiger charge is -1.90. The molecule has 0 unspecified atom stereocenters. The van der Waals surface area contributed by atoms with Crippen LogP contribution in [0.5, 0.6) is 0 Å². The predicted molar refractivity (Wildman–Crippen MR) is 48.3 cm³/mol. The lowest BCUT2D eigenvalue weighted by molar-refractivity contribution is -0.783. The largest absolute Gasteiger partial charge is 0.391 e. The second kappa shape index (κ2) is 2.41. The number of nitrogens with zero attached hydrogens (tertiary/aromatic N) is 3. The summed E-state index contributed by atoms with van der Waals surface area (Å²) >= 11 is 0. The smallest absolute Gasteiger partial charge is 0.342 e. The second-order valence-corrected chi connectivity index (χ2v) is 2.95. The number of pyridine rings is 1. The molecule has 0 aliphatic heterocycles. The molecule has 3 rings (SSSR count). The van der Waals surface area contributed by atoms with Gasteiger partial charge in [0.2, 0.25) is 5.52 Å². The summed E-state index contributed by atoms with van der Waals surface area (Å²) < 4.78 is 4.43. The van der Waals surface area contributed by atoms with Gasteiger partial charge in [-0.2, -0.15) is 0 Å². The third kappa shape index (κ3) is 0.861. The van der Waals surface area contributed by atoms with Gasteiger partial charge in [-0.05, 0) is 11.2 Å². The standard InChI is InChI=1S/C9H5N3O2/c13-12-9-8(11-14-12)5-6-3-1-2-4-7(6)10-9/h1-5H. The normalized spacial score (nSPS) is 11.1. The maximum Gasteiger partial charge on any atom is 0.342 e. The fraction of sp³-hybridized carbons (Fsp3) is 0. The van der Waals surface area contributed by atoms with E-state index in [1.54, 1.807) is 6.07 Å². The van der Waals surface area contributed by atoms with E-state index in [9.17, 15) is 5.21 Å². The van der Waals surface area contributed by atoms with Gasteiger partial charge < -0.3 is 9.84 Å². The minimum Gasteiger partial charge on any atom is -0.391 e. The van der Waals surface area contributed by atoms with E-state index >= 15 is 0 Å². The van der Waals surface area contributed by atoms with E-state index in [0.29, 0.717) is 10.4 Å². The Kier molecular flexibility index (Phi) is 1.25. The molecule has 0 atom stereocenters. The van der Waals surface area contributed by atoms with E-state index in [0.717, 1.165) is 10.9 Å². The maximum absolute atomic E-state index is 11.0. The van der Waals surface area contributed by atoms with Crippen molar-refractivity contribution < 1.29 is 9.53 Å². The van der Waals surface area contributed by atoms with Crippen LogP contribution in [0.2, 0.25) is 0 Å². The van der Waals surface area contributed by atoms with Crippen molar-refractivity contribution in [2.24, 2.45) is 0 Å². The molecule has 0 saturated heterocycles. The molecule has 2 aromatic heterocycles. The highest BCUT2D eigenvalue weighted by Crippen LogP contribution is 2.15. The summed E-state index contributed by atoms with van der Waals surface area (Å²) in [6.07, 6.45) is 0. The molecule has 68 valence electrons. The number of fused-ring (bicyclic) bond motifs is 2. The lowest BCUT2D eigenvalue weighted by Crippen LogP contribution is -2.23. The van der Waals surface area contributed by atoms with Crippen LogP contribution in [0.3, 0.4) is 0 Å². The molecule has 3 aromatic rings. The Morgan fingerprint density at radius 3 is 3.00 bits per heavy atom. The SMILES string of the molecule is [O-][n+]1onc2cc3ccccc3nc21. The summed E-state index contributed by atoms with van der Waals surface area (Å²) in [7, 11) is 0. The van der Waals surface area contributed by atoms with E-state index in [4.69, 9.17) is 0 Å². The van der Waals surface area contributed by atoms with Gasteiger partial charge >= 0.3 is 5.65 Å². The van der Waals surface area contributed by atoms with Crippen molar-refractivity contribution in [3.05, 3.63) is 35.5 Å². The van der Waals surface area contributed by atoms with Crippen LogP contribution in [-0.2, 0) is 0 Å². The van der Waals surface area contributed by atoms with Crippen molar-refractivity contribution in [3.63, 3.8) is 0 Å². The third-order valence-corrected chi connectivity index (χ3v) is 2.07. The van der Waals surface area contributed by atoms with Gasteiger partial charge in [0.05, 0.1) is 0 Å². The van der Waals surface area contributed by atoms with Gasteiger partial charge in [-0.15, -0.1) is 0 Å². The molecular weight excluding hydrogens is 182 g/mol. The van der Waals surface area contributed by atoms with E-state index in [1.807, 2.05) is 24.3 Å². The molecule has 5 nitrogen and oxygen atoms in total. The molecule has 0 bridgehead atoms. The van der Waals surface area contributed by atoms with Crippen molar-refractivity contribution in [2.45, 2.75) is 0 Å². The van der Waals surface area contributed by atoms with Crippen LogP contribution in [0.1, 0.15) is 0 Å². The highest BCUT2D eigenvalue weighted by Gasteiger charge is 2.11. The first-order valence-corrected chi connectivity index (χ1v) is 4.10. The second-order valence-electron chi connectivity index (χ2n) is 2.95. The molecule has 14 heavy (non-hydrogen) atoms. The van der Waals surface area contributed by atoms with Gasteiger partial charge in [-0.1, -0.05) is 28.1 Å². The average Bonchev–Trinajstić information content (AvgIpc) is 2.57. The van der Waals surface area contributed by atoms with Crippen molar-refractivity contribution >= 4 is 22.1 Å². The third-order valence-electron chi connectivity index (χ3n) is 2.07. The maximum atomic E-state index is 11.0. The van der Waals surface area contributed by atoms with Crippen LogP contribution < -0.4 is 4.90 Å². The van der Waals surface area contributed by atoms with Gasteiger partial charge in [0.15, 0.2) is 0 Å². The molecule has 0 aliphatic carbocycles. The van der Waals surface area contributed by atoms with Crippen LogP contribution in [0.15, 0.2) is 35.0 Å². The number of hydrogen-bond donors (Lipinski definition) is 0. The summed E-state index contributed by atoms with van der Waals surface area (Å²) in [5, 5.41) is 15.6. The minimum atomic E-state index is 0.212. The fourth-order valence-electron chi connectivity index (χ4n) is 1.42. The molecule has 0 saturated carbocycles. The van der Waals surface area contributed by atoms with Crippen LogP contribution >= 0.6 is 0 Å². The zero-order valence-electron chi connectivity index (χ0n) is 7.04. The lowest BCUT2D eigenvalue weighted by atomic mass is 10.2.